The van der Waals surface area contributed by atoms with Gasteiger partial charge in [-0.05, 0) is 19.3 Å². The summed E-state index contributed by atoms with van der Waals surface area (Å²) in [4.78, 5) is 33.8. The van der Waals surface area contributed by atoms with Gasteiger partial charge in [-0.2, -0.15) is 0 Å². The van der Waals surface area contributed by atoms with Crippen molar-refractivity contribution in [1.82, 2.24) is 0 Å². The van der Waals surface area contributed by atoms with Gasteiger partial charge in [0.1, 0.15) is 0 Å². The van der Waals surface area contributed by atoms with E-state index in [1.807, 2.05) is 0 Å². The highest BCUT2D eigenvalue weighted by atomic mass is 28.1. The van der Waals surface area contributed by atoms with Crippen LogP contribution in [0.15, 0.2) is 0 Å². The molecule has 7 nitrogen and oxygen atoms in total. The number of carbonyl (C=O) groups excluding carboxylic acids is 3. The monoisotopic (exact) mass is 318 g/mol. The van der Waals surface area contributed by atoms with Gasteiger partial charge in [-0.25, -0.2) is 0 Å². The number of esters is 3. The van der Waals surface area contributed by atoms with E-state index < -0.39 is 35.5 Å². The van der Waals surface area contributed by atoms with Crippen LogP contribution in [0.2, 0.25) is 0 Å². The predicted octanol–water partition coefficient (Wildman–Crippen LogP) is -0.367. The van der Waals surface area contributed by atoms with E-state index in [0.717, 1.165) is 12.8 Å². The summed E-state index contributed by atoms with van der Waals surface area (Å²) in [7, 11) is 0.535. The van der Waals surface area contributed by atoms with E-state index >= 15 is 0 Å². The number of hydrogen-bond acceptors (Lipinski definition) is 7. The fourth-order valence-corrected chi connectivity index (χ4v) is 3.25. The molecule has 21 heavy (non-hydrogen) atoms. The van der Waals surface area contributed by atoms with Crippen molar-refractivity contribution in [3.63, 3.8) is 0 Å². The molecule has 0 bridgehead atoms. The molecule has 2 atom stereocenters. The van der Waals surface area contributed by atoms with Crippen molar-refractivity contribution < 1.29 is 33.3 Å². The third-order valence-electron chi connectivity index (χ3n) is 3.21. The molecule has 0 N–H and O–H groups in total. The van der Waals surface area contributed by atoms with Crippen molar-refractivity contribution in [1.29, 1.82) is 0 Å². The quantitative estimate of drug-likeness (QED) is 0.388. The Kier molecular flexibility index (Phi) is 6.34. The van der Waals surface area contributed by atoms with E-state index in [2.05, 4.69) is 0 Å². The minimum absolute atomic E-state index is 0.535. The van der Waals surface area contributed by atoms with E-state index in [1.54, 1.807) is 0 Å². The molecule has 1 aliphatic rings. The average Bonchev–Trinajstić information content (AvgIpc) is 2.34. The fourth-order valence-electron chi connectivity index (χ4n) is 2.30. The summed E-state index contributed by atoms with van der Waals surface area (Å²) in [5.41, 5.74) is 0. The molecule has 0 saturated carbocycles. The second-order valence-electron chi connectivity index (χ2n) is 5.24. The lowest BCUT2D eigenvalue weighted by atomic mass is 10.0. The molecule has 8 heteroatoms. The van der Waals surface area contributed by atoms with E-state index in [-0.39, 0.29) is 0 Å². The van der Waals surface area contributed by atoms with Gasteiger partial charge in [0, 0.05) is 37.6 Å². The lowest BCUT2D eigenvalue weighted by molar-refractivity contribution is -0.237. The highest BCUT2D eigenvalue weighted by molar-refractivity contribution is 6.15. The smallest absolute Gasteiger partial charge is 0.305 e. The second-order valence-corrected chi connectivity index (χ2v) is 6.93. The minimum atomic E-state index is -1.29. The molecule has 0 aromatic carbocycles. The third-order valence-corrected chi connectivity index (χ3v) is 4.56. The topological polar surface area (TPSA) is 88.1 Å². The Balaban J connectivity index is 3.02. The van der Waals surface area contributed by atoms with Crippen LogP contribution in [0.5, 0.6) is 0 Å². The van der Waals surface area contributed by atoms with Crippen molar-refractivity contribution in [3.8, 4) is 0 Å². The fraction of sp³-hybridized carbons (Fsp3) is 0.769. The maximum absolute atomic E-state index is 11.4. The van der Waals surface area contributed by atoms with Gasteiger partial charge in [0.05, 0.1) is 5.22 Å². The lowest BCUT2D eigenvalue weighted by Gasteiger charge is -2.41. The highest BCUT2D eigenvalue weighted by Gasteiger charge is 2.47. The minimum Gasteiger partial charge on any atom is -0.452 e. The molecular weight excluding hydrogens is 296 g/mol. The standard InChI is InChI=1S/C13H22O7Si/c1-8(14)18-11(13(21)6-4-5-7-17-13)12(19-9(2)15)20-10(3)16/h11-12H,4-7H2,1-3,21H3. The molecule has 0 radical (unpaired) electrons. The molecule has 0 aromatic heterocycles. The Morgan fingerprint density at radius 2 is 1.52 bits per heavy atom. The molecule has 1 heterocycles. The number of ether oxygens (including phenoxy) is 4. The van der Waals surface area contributed by atoms with E-state index in [1.165, 1.54) is 20.8 Å². The number of rotatable bonds is 5. The summed E-state index contributed by atoms with van der Waals surface area (Å²) in [6.45, 7) is 4.18. The summed E-state index contributed by atoms with van der Waals surface area (Å²) in [6, 6.07) is 0. The van der Waals surface area contributed by atoms with Crippen LogP contribution >= 0.6 is 0 Å². The van der Waals surface area contributed by atoms with Gasteiger partial charge < -0.3 is 18.9 Å². The first kappa shape index (κ1) is 17.6. The van der Waals surface area contributed by atoms with Crippen molar-refractivity contribution in [2.75, 3.05) is 6.61 Å². The first-order valence-electron chi connectivity index (χ1n) is 6.90. The highest BCUT2D eigenvalue weighted by Crippen LogP contribution is 2.30. The van der Waals surface area contributed by atoms with Gasteiger partial charge in [0.2, 0.25) is 0 Å². The molecule has 0 amide bonds. The van der Waals surface area contributed by atoms with Gasteiger partial charge in [0.25, 0.3) is 6.29 Å². The molecule has 120 valence electrons. The van der Waals surface area contributed by atoms with Crippen LogP contribution in [-0.2, 0) is 33.3 Å². The number of carbonyl (C=O) groups is 3. The summed E-state index contributed by atoms with van der Waals surface area (Å²) >= 11 is 0. The average molecular weight is 318 g/mol. The van der Waals surface area contributed by atoms with Crippen LogP contribution in [-0.4, -0.2) is 52.4 Å². The maximum Gasteiger partial charge on any atom is 0.305 e. The van der Waals surface area contributed by atoms with Crippen molar-refractivity contribution in [2.45, 2.75) is 57.7 Å². The summed E-state index contributed by atoms with van der Waals surface area (Å²) in [6.07, 6.45) is 0.252. The van der Waals surface area contributed by atoms with Crippen LogP contribution in [0.3, 0.4) is 0 Å². The Morgan fingerprint density at radius 3 is 1.90 bits per heavy atom. The summed E-state index contributed by atoms with van der Waals surface area (Å²) < 4.78 is 21.1. The Labute approximate surface area is 126 Å². The van der Waals surface area contributed by atoms with Crippen LogP contribution in [0, 0.1) is 0 Å². The van der Waals surface area contributed by atoms with Crippen molar-refractivity contribution in [3.05, 3.63) is 0 Å². The van der Waals surface area contributed by atoms with Gasteiger partial charge in [-0.15, -0.1) is 0 Å². The van der Waals surface area contributed by atoms with Gasteiger partial charge >= 0.3 is 17.9 Å². The second kappa shape index (κ2) is 7.55. The normalized spacial score (nSPS) is 23.4. The van der Waals surface area contributed by atoms with Crippen LogP contribution in [0.25, 0.3) is 0 Å². The van der Waals surface area contributed by atoms with E-state index in [9.17, 15) is 14.4 Å². The SMILES string of the molecule is CC(=O)OC(OC(C)=O)C(OC(C)=O)C1([SiH3])CCCCO1. The third kappa shape index (κ3) is 5.47. The molecule has 1 rings (SSSR count). The summed E-state index contributed by atoms with van der Waals surface area (Å²) in [5.74, 6) is -1.80. The first-order chi connectivity index (χ1) is 9.74. The molecule has 0 aliphatic carbocycles. The Hall–Kier alpha value is -1.41. The van der Waals surface area contributed by atoms with E-state index in [0.29, 0.717) is 23.3 Å². The van der Waals surface area contributed by atoms with Crippen molar-refractivity contribution >= 4 is 28.2 Å². The Morgan fingerprint density at radius 1 is 1.00 bits per heavy atom. The molecule has 1 saturated heterocycles. The molecular formula is C13H22O7Si. The van der Waals surface area contributed by atoms with Crippen molar-refractivity contribution in [2.24, 2.45) is 0 Å². The van der Waals surface area contributed by atoms with Gasteiger partial charge in [0.15, 0.2) is 6.10 Å². The zero-order valence-corrected chi connectivity index (χ0v) is 14.8. The van der Waals surface area contributed by atoms with Gasteiger partial charge in [-0.1, -0.05) is 0 Å². The van der Waals surface area contributed by atoms with Crippen LogP contribution in [0.4, 0.5) is 0 Å². The van der Waals surface area contributed by atoms with Crippen LogP contribution < -0.4 is 0 Å². The zero-order valence-electron chi connectivity index (χ0n) is 12.8. The lowest BCUT2D eigenvalue weighted by Crippen LogP contribution is -2.57. The largest absolute Gasteiger partial charge is 0.452 e. The summed E-state index contributed by atoms with van der Waals surface area (Å²) in [5, 5.41) is -0.737. The maximum atomic E-state index is 11.4. The van der Waals surface area contributed by atoms with Gasteiger partial charge in [-0.3, -0.25) is 14.4 Å². The number of hydrogen-bond donors (Lipinski definition) is 0. The Bertz CT molecular complexity index is 387. The predicted molar refractivity (Wildman–Crippen MR) is 75.3 cm³/mol. The molecule has 0 aromatic rings. The van der Waals surface area contributed by atoms with Crippen LogP contribution in [0.1, 0.15) is 40.0 Å². The zero-order chi connectivity index (χ0) is 16.0. The first-order valence-corrected chi connectivity index (χ1v) is 7.90. The molecule has 1 fully saturated rings. The van der Waals surface area contributed by atoms with E-state index in [4.69, 9.17) is 18.9 Å². The molecule has 1 aliphatic heterocycles. The molecule has 0 spiro atoms. The molecule has 2 unspecified atom stereocenters.